The third-order valence-electron chi connectivity index (χ3n) is 2.34. The predicted molar refractivity (Wildman–Crippen MR) is 64.8 cm³/mol. The predicted octanol–water partition coefficient (Wildman–Crippen LogP) is 1.94. The third-order valence-corrected chi connectivity index (χ3v) is 3.22. The van der Waals surface area contributed by atoms with Crippen molar-refractivity contribution in [2.45, 2.75) is 13.0 Å². The molecule has 2 heterocycles. The zero-order valence-corrected chi connectivity index (χ0v) is 10.2. The minimum absolute atomic E-state index is 0.00184. The summed E-state index contributed by atoms with van der Waals surface area (Å²) < 4.78 is 25.2. The quantitative estimate of drug-likeness (QED) is 0.932. The zero-order valence-electron chi connectivity index (χ0n) is 9.42. The Morgan fingerprint density at radius 3 is 2.79 bits per heavy atom. The molecule has 19 heavy (non-hydrogen) atoms. The van der Waals surface area contributed by atoms with E-state index in [1.165, 1.54) is 11.3 Å². The van der Waals surface area contributed by atoms with Gasteiger partial charge in [-0.2, -0.15) is 0 Å². The van der Waals surface area contributed by atoms with Gasteiger partial charge in [-0.3, -0.25) is 9.36 Å². The van der Waals surface area contributed by atoms with Gasteiger partial charge in [-0.15, -0.1) is 11.3 Å². The molecule has 0 amide bonds. The molecular formula is C11H8F2N2O3S. The molecule has 2 aromatic rings. The molecule has 0 bridgehead atoms. The number of rotatable bonds is 4. The highest BCUT2D eigenvalue weighted by Gasteiger charge is 2.21. The number of alkyl halides is 2. The molecule has 0 aliphatic heterocycles. The Balaban J connectivity index is 2.62. The van der Waals surface area contributed by atoms with Crippen molar-refractivity contribution >= 4 is 17.3 Å². The summed E-state index contributed by atoms with van der Waals surface area (Å²) in [5.41, 5.74) is -1.57. The number of thiophene rings is 1. The van der Waals surface area contributed by atoms with E-state index >= 15 is 0 Å². The molecule has 0 fully saturated rings. The van der Waals surface area contributed by atoms with Crippen LogP contribution in [-0.4, -0.2) is 27.1 Å². The Kier molecular flexibility index (Phi) is 3.70. The maximum absolute atomic E-state index is 12.3. The fraction of sp³-hybridized carbons (Fsp3) is 0.182. The Morgan fingerprint density at radius 2 is 2.26 bits per heavy atom. The topological polar surface area (TPSA) is 72.2 Å². The molecule has 0 atom stereocenters. The molecule has 0 unspecified atom stereocenters. The summed E-state index contributed by atoms with van der Waals surface area (Å²) in [6.07, 6.45) is -1.82. The highest BCUT2D eigenvalue weighted by molar-refractivity contribution is 7.13. The van der Waals surface area contributed by atoms with Gasteiger partial charge in [0, 0.05) is 0 Å². The highest BCUT2D eigenvalue weighted by atomic mass is 32.1. The Hall–Kier alpha value is -2.09. The fourth-order valence-corrected chi connectivity index (χ4v) is 2.29. The van der Waals surface area contributed by atoms with Crippen LogP contribution in [0.5, 0.6) is 0 Å². The molecule has 0 aliphatic rings. The fourth-order valence-electron chi connectivity index (χ4n) is 1.56. The Bertz CT molecular complexity index is 652. The maximum Gasteiger partial charge on any atom is 0.343 e. The van der Waals surface area contributed by atoms with E-state index in [0.29, 0.717) is 9.44 Å². The average Bonchev–Trinajstić information content (AvgIpc) is 2.83. The lowest BCUT2D eigenvalue weighted by molar-refractivity contribution is 0.0692. The summed E-state index contributed by atoms with van der Waals surface area (Å²) in [4.78, 5) is 27.3. The number of nitrogens with zero attached hydrogens (tertiary/aromatic N) is 2. The van der Waals surface area contributed by atoms with E-state index in [-0.39, 0.29) is 5.69 Å². The summed E-state index contributed by atoms with van der Waals surface area (Å²) in [5.74, 6) is -1.48. The van der Waals surface area contributed by atoms with Gasteiger partial charge in [-0.05, 0) is 11.4 Å². The molecule has 8 heteroatoms. The normalized spacial score (nSPS) is 10.9. The van der Waals surface area contributed by atoms with Crippen LogP contribution in [0, 0.1) is 0 Å². The van der Waals surface area contributed by atoms with Crippen molar-refractivity contribution < 1.29 is 18.7 Å². The van der Waals surface area contributed by atoms with Crippen molar-refractivity contribution in [3.8, 4) is 10.6 Å². The summed E-state index contributed by atoms with van der Waals surface area (Å²) in [7, 11) is 0. The van der Waals surface area contributed by atoms with Gasteiger partial charge in [0.2, 0.25) is 0 Å². The Labute approximate surface area is 109 Å². The van der Waals surface area contributed by atoms with Gasteiger partial charge >= 0.3 is 5.97 Å². The highest BCUT2D eigenvalue weighted by Crippen LogP contribution is 2.24. The molecule has 0 aliphatic carbocycles. The first-order chi connectivity index (χ1) is 9.00. The Morgan fingerprint density at radius 1 is 1.53 bits per heavy atom. The lowest BCUT2D eigenvalue weighted by Crippen LogP contribution is -2.29. The standard InChI is InChI=1S/C11H8F2N2O3S/c12-7(13)4-15-5-14-9(6-2-1-3-19-6)8(10(15)16)11(17)18/h1-3,5,7H,4H2,(H,17,18). The van der Waals surface area contributed by atoms with Crippen LogP contribution in [0.3, 0.4) is 0 Å². The number of halogens is 2. The largest absolute Gasteiger partial charge is 0.477 e. The minimum Gasteiger partial charge on any atom is -0.477 e. The van der Waals surface area contributed by atoms with E-state index in [1.54, 1.807) is 17.5 Å². The van der Waals surface area contributed by atoms with Gasteiger partial charge in [0.1, 0.15) is 5.69 Å². The summed E-state index contributed by atoms with van der Waals surface area (Å²) in [6.45, 7) is -0.878. The van der Waals surface area contributed by atoms with Crippen LogP contribution in [0.2, 0.25) is 0 Å². The van der Waals surface area contributed by atoms with Crippen molar-refractivity contribution in [3.63, 3.8) is 0 Å². The van der Waals surface area contributed by atoms with Gasteiger partial charge in [0.05, 0.1) is 17.7 Å². The van der Waals surface area contributed by atoms with Gasteiger partial charge in [0.25, 0.3) is 12.0 Å². The third kappa shape index (κ3) is 2.68. The first kappa shape index (κ1) is 13.3. The smallest absolute Gasteiger partial charge is 0.343 e. The van der Waals surface area contributed by atoms with Crippen LogP contribution in [0.15, 0.2) is 28.6 Å². The number of aromatic carboxylic acids is 1. The molecule has 1 N–H and O–H groups in total. The van der Waals surface area contributed by atoms with E-state index in [2.05, 4.69) is 4.98 Å². The minimum atomic E-state index is -2.76. The number of hydrogen-bond donors (Lipinski definition) is 1. The van der Waals surface area contributed by atoms with Crippen LogP contribution < -0.4 is 5.56 Å². The SMILES string of the molecule is O=C(O)c1c(-c2cccs2)ncn(CC(F)F)c1=O. The molecule has 0 saturated carbocycles. The van der Waals surface area contributed by atoms with Gasteiger partial charge in [-0.25, -0.2) is 18.6 Å². The lowest BCUT2D eigenvalue weighted by Gasteiger charge is -2.08. The number of carboxylic acids is 1. The van der Waals surface area contributed by atoms with Gasteiger partial charge in [0.15, 0.2) is 5.56 Å². The number of aromatic nitrogens is 2. The second-order valence-corrected chi connectivity index (χ2v) is 4.55. The van der Waals surface area contributed by atoms with Crippen molar-refractivity contribution in [1.82, 2.24) is 9.55 Å². The van der Waals surface area contributed by atoms with E-state index in [1.807, 2.05) is 0 Å². The van der Waals surface area contributed by atoms with Gasteiger partial charge in [-0.1, -0.05) is 6.07 Å². The first-order valence-corrected chi connectivity index (χ1v) is 6.03. The molecule has 0 radical (unpaired) electrons. The van der Waals surface area contributed by atoms with E-state index < -0.39 is 30.1 Å². The molecular weight excluding hydrogens is 278 g/mol. The van der Waals surface area contributed by atoms with Crippen molar-refractivity contribution in [2.24, 2.45) is 0 Å². The van der Waals surface area contributed by atoms with Crippen molar-refractivity contribution in [3.05, 3.63) is 39.8 Å². The zero-order chi connectivity index (χ0) is 14.0. The number of carboxylic acid groups (broad SMARTS) is 1. The van der Waals surface area contributed by atoms with E-state index in [0.717, 1.165) is 6.33 Å². The van der Waals surface area contributed by atoms with Crippen molar-refractivity contribution in [1.29, 1.82) is 0 Å². The monoisotopic (exact) mass is 286 g/mol. The first-order valence-electron chi connectivity index (χ1n) is 5.15. The second-order valence-electron chi connectivity index (χ2n) is 3.60. The van der Waals surface area contributed by atoms with E-state index in [9.17, 15) is 18.4 Å². The summed E-state index contributed by atoms with van der Waals surface area (Å²) in [6, 6.07) is 3.29. The van der Waals surface area contributed by atoms with Crippen LogP contribution in [0.1, 0.15) is 10.4 Å². The van der Waals surface area contributed by atoms with Crippen LogP contribution >= 0.6 is 11.3 Å². The van der Waals surface area contributed by atoms with Gasteiger partial charge < -0.3 is 5.11 Å². The molecule has 5 nitrogen and oxygen atoms in total. The second kappa shape index (κ2) is 5.27. The van der Waals surface area contributed by atoms with Crippen molar-refractivity contribution in [2.75, 3.05) is 0 Å². The summed E-state index contributed by atoms with van der Waals surface area (Å²) >= 11 is 1.21. The van der Waals surface area contributed by atoms with Crippen LogP contribution in [0.4, 0.5) is 8.78 Å². The molecule has 2 aromatic heterocycles. The number of carbonyl (C=O) groups is 1. The summed E-state index contributed by atoms with van der Waals surface area (Å²) in [5, 5.41) is 10.8. The molecule has 2 rings (SSSR count). The molecule has 0 spiro atoms. The number of hydrogen-bond acceptors (Lipinski definition) is 4. The average molecular weight is 286 g/mol. The molecule has 100 valence electrons. The van der Waals surface area contributed by atoms with Crippen LogP contribution in [-0.2, 0) is 6.54 Å². The molecule has 0 aromatic carbocycles. The molecule has 0 saturated heterocycles. The maximum atomic E-state index is 12.3. The van der Waals surface area contributed by atoms with Crippen LogP contribution in [0.25, 0.3) is 10.6 Å². The lowest BCUT2D eigenvalue weighted by atomic mass is 10.2. The van der Waals surface area contributed by atoms with E-state index in [4.69, 9.17) is 5.11 Å².